The average molecular weight is 392 g/mol. The maximum Gasteiger partial charge on any atom is 0.322 e. The smallest absolute Gasteiger partial charge is 0.322 e. The van der Waals surface area contributed by atoms with Crippen LogP contribution in [0.15, 0.2) is 91.0 Å². The van der Waals surface area contributed by atoms with Crippen molar-refractivity contribution >= 4 is 18.6 Å². The Hall–Kier alpha value is -2.56. The maximum atomic E-state index is 12.2. The summed E-state index contributed by atoms with van der Waals surface area (Å²) in [6.45, 7) is 3.63. The Morgan fingerprint density at radius 2 is 1.11 bits per heavy atom. The molecule has 3 rings (SSSR count). The van der Waals surface area contributed by atoms with Crippen LogP contribution in [0.1, 0.15) is 30.5 Å². The van der Waals surface area contributed by atoms with Crippen molar-refractivity contribution in [1.29, 1.82) is 0 Å². The topological polar surface area (TPSA) is 49.3 Å². The summed E-state index contributed by atoms with van der Waals surface area (Å²) in [6.07, 6.45) is 0. The molecule has 4 heteroatoms. The molecule has 0 aliphatic carbocycles. The normalized spacial score (nSPS) is 13.1. The Kier molecular flexibility index (Phi) is 5.92. The van der Waals surface area contributed by atoms with E-state index in [9.17, 15) is 9.90 Å². The predicted molar refractivity (Wildman–Crippen MR) is 117 cm³/mol. The lowest BCUT2D eigenvalue weighted by Crippen LogP contribution is -2.58. The Labute approximate surface area is 171 Å². The third-order valence-electron chi connectivity index (χ3n) is 4.93. The van der Waals surface area contributed by atoms with Gasteiger partial charge in [0.15, 0.2) is 0 Å². The summed E-state index contributed by atoms with van der Waals surface area (Å²) in [5.74, 6) is -0.938. The first-order valence-electron chi connectivity index (χ1n) is 9.25. The van der Waals surface area contributed by atoms with Gasteiger partial charge in [-0.05, 0) is 30.5 Å². The Morgan fingerprint density at radius 1 is 0.786 bits per heavy atom. The summed E-state index contributed by atoms with van der Waals surface area (Å²) in [7, 11) is 0. The Morgan fingerprint density at radius 3 is 1.36 bits per heavy atom. The molecule has 0 aliphatic heterocycles. The van der Waals surface area contributed by atoms with Crippen LogP contribution in [-0.2, 0) is 10.3 Å². The van der Waals surface area contributed by atoms with Gasteiger partial charge in [-0.2, -0.15) is 12.6 Å². The lowest BCUT2D eigenvalue weighted by Gasteiger charge is -2.42. The number of hydrogen-bond donors (Lipinski definition) is 3. The number of carboxylic acids is 1. The fraction of sp³-hybridized carbons (Fsp3) is 0.208. The van der Waals surface area contributed by atoms with E-state index in [0.29, 0.717) is 0 Å². The van der Waals surface area contributed by atoms with Crippen molar-refractivity contribution in [1.82, 2.24) is 5.32 Å². The minimum Gasteiger partial charge on any atom is -0.480 e. The molecular formula is C24H25NO2S. The molecule has 1 unspecified atom stereocenters. The van der Waals surface area contributed by atoms with Crippen LogP contribution in [0.3, 0.4) is 0 Å². The minimum absolute atomic E-state index is 0.782. The van der Waals surface area contributed by atoms with Crippen LogP contribution in [0.4, 0.5) is 0 Å². The van der Waals surface area contributed by atoms with Crippen molar-refractivity contribution in [3.63, 3.8) is 0 Å². The van der Waals surface area contributed by atoms with Crippen LogP contribution in [0.25, 0.3) is 0 Å². The summed E-state index contributed by atoms with van der Waals surface area (Å²) in [5, 5.41) is 13.5. The van der Waals surface area contributed by atoms with Crippen molar-refractivity contribution in [2.75, 3.05) is 0 Å². The van der Waals surface area contributed by atoms with Gasteiger partial charge in [-0.3, -0.25) is 10.1 Å². The number of carbonyl (C=O) groups is 1. The highest BCUT2D eigenvalue weighted by molar-refractivity contribution is 7.81. The molecular weight excluding hydrogens is 366 g/mol. The number of aliphatic carboxylic acids is 1. The van der Waals surface area contributed by atoms with E-state index in [0.717, 1.165) is 16.7 Å². The summed E-state index contributed by atoms with van der Waals surface area (Å²) in [6, 6.07) is 29.0. The molecule has 0 saturated carbocycles. The number of carboxylic acid groups (broad SMARTS) is 1. The number of nitrogens with one attached hydrogen (secondary N) is 1. The fourth-order valence-corrected chi connectivity index (χ4v) is 3.75. The second kappa shape index (κ2) is 8.21. The first-order valence-corrected chi connectivity index (χ1v) is 9.70. The van der Waals surface area contributed by atoms with Crippen molar-refractivity contribution in [2.45, 2.75) is 30.2 Å². The van der Waals surface area contributed by atoms with E-state index in [4.69, 9.17) is 0 Å². The summed E-state index contributed by atoms with van der Waals surface area (Å²) in [5.41, 5.74) is 2.07. The van der Waals surface area contributed by atoms with Gasteiger partial charge in [0.25, 0.3) is 0 Å². The van der Waals surface area contributed by atoms with E-state index in [1.165, 1.54) is 0 Å². The van der Waals surface area contributed by atoms with E-state index in [2.05, 4.69) is 17.9 Å². The van der Waals surface area contributed by atoms with Crippen molar-refractivity contribution in [2.24, 2.45) is 0 Å². The molecule has 28 heavy (non-hydrogen) atoms. The molecule has 3 aromatic rings. The predicted octanol–water partition coefficient (Wildman–Crippen LogP) is 4.73. The highest BCUT2D eigenvalue weighted by Crippen LogP contribution is 2.38. The van der Waals surface area contributed by atoms with Gasteiger partial charge in [-0.25, -0.2) is 0 Å². The second-order valence-corrected chi connectivity index (χ2v) is 8.57. The van der Waals surface area contributed by atoms with Crippen LogP contribution in [0.2, 0.25) is 0 Å². The lowest BCUT2D eigenvalue weighted by atomic mass is 9.76. The number of rotatable bonds is 7. The quantitative estimate of drug-likeness (QED) is 0.403. The lowest BCUT2D eigenvalue weighted by molar-refractivity contribution is -0.140. The molecule has 0 fully saturated rings. The standard InChI is InChI=1S/C24H25NO2S/c1-23(2,28)21(22(26)27)25-24(18-12-6-3-7-13-18,19-14-8-4-9-15-19)20-16-10-5-11-17-20/h3-17,21,25,28H,1-2H3,(H,26,27). The minimum atomic E-state index is -0.938. The molecule has 1 atom stereocenters. The molecule has 0 bridgehead atoms. The molecule has 3 nitrogen and oxygen atoms in total. The fourth-order valence-electron chi connectivity index (χ4n) is 3.57. The zero-order valence-corrected chi connectivity index (χ0v) is 16.9. The van der Waals surface area contributed by atoms with Gasteiger partial charge in [0.2, 0.25) is 0 Å². The van der Waals surface area contributed by atoms with Crippen LogP contribution in [0, 0.1) is 0 Å². The molecule has 0 aliphatic rings. The number of benzene rings is 3. The van der Waals surface area contributed by atoms with Gasteiger partial charge in [-0.15, -0.1) is 0 Å². The van der Waals surface area contributed by atoms with E-state index in [1.807, 2.05) is 105 Å². The molecule has 144 valence electrons. The Bertz CT molecular complexity index is 809. The highest BCUT2D eigenvalue weighted by Gasteiger charge is 2.43. The second-order valence-electron chi connectivity index (χ2n) is 7.42. The molecule has 2 N–H and O–H groups in total. The van der Waals surface area contributed by atoms with Gasteiger partial charge < -0.3 is 5.11 Å². The maximum absolute atomic E-state index is 12.2. The first kappa shape index (κ1) is 20.2. The molecule has 0 amide bonds. The number of thiol groups is 1. The van der Waals surface area contributed by atoms with E-state index in [1.54, 1.807) is 0 Å². The van der Waals surface area contributed by atoms with Gasteiger partial charge in [0.1, 0.15) is 6.04 Å². The van der Waals surface area contributed by atoms with Gasteiger partial charge in [-0.1, -0.05) is 91.0 Å². The summed E-state index contributed by atoms with van der Waals surface area (Å²) < 4.78 is -0.782. The molecule has 0 radical (unpaired) electrons. The van der Waals surface area contributed by atoms with Crippen LogP contribution in [0.5, 0.6) is 0 Å². The van der Waals surface area contributed by atoms with Crippen molar-refractivity contribution < 1.29 is 9.90 Å². The molecule has 0 heterocycles. The summed E-state index contributed by atoms with van der Waals surface area (Å²) >= 11 is 4.59. The van der Waals surface area contributed by atoms with Crippen LogP contribution < -0.4 is 5.32 Å². The van der Waals surface area contributed by atoms with E-state index >= 15 is 0 Å². The van der Waals surface area contributed by atoms with Crippen molar-refractivity contribution in [3.05, 3.63) is 108 Å². The molecule has 0 spiro atoms. The largest absolute Gasteiger partial charge is 0.480 e. The van der Waals surface area contributed by atoms with Gasteiger partial charge in [0, 0.05) is 4.75 Å². The van der Waals surface area contributed by atoms with Gasteiger partial charge >= 0.3 is 5.97 Å². The zero-order valence-electron chi connectivity index (χ0n) is 16.0. The molecule has 0 saturated heterocycles. The van der Waals surface area contributed by atoms with Crippen molar-refractivity contribution in [3.8, 4) is 0 Å². The molecule has 0 aromatic heterocycles. The zero-order chi connectivity index (χ0) is 20.2. The number of hydrogen-bond acceptors (Lipinski definition) is 3. The van der Waals surface area contributed by atoms with Gasteiger partial charge in [0.05, 0.1) is 5.54 Å². The highest BCUT2D eigenvalue weighted by atomic mass is 32.1. The first-order chi connectivity index (χ1) is 13.4. The van der Waals surface area contributed by atoms with Crippen LogP contribution in [-0.4, -0.2) is 21.9 Å². The third kappa shape index (κ3) is 3.98. The third-order valence-corrected chi connectivity index (χ3v) is 5.19. The van der Waals surface area contributed by atoms with Crippen LogP contribution >= 0.6 is 12.6 Å². The van der Waals surface area contributed by atoms with E-state index < -0.39 is 22.3 Å². The summed E-state index contributed by atoms with van der Waals surface area (Å²) in [4.78, 5) is 12.2. The Balaban J connectivity index is 2.33. The van der Waals surface area contributed by atoms with E-state index in [-0.39, 0.29) is 0 Å². The SMILES string of the molecule is CC(C)(S)C(NC(c1ccccc1)(c1ccccc1)c1ccccc1)C(=O)O. The molecule has 3 aromatic carbocycles. The average Bonchev–Trinajstić information content (AvgIpc) is 2.70. The monoisotopic (exact) mass is 391 g/mol.